The van der Waals surface area contributed by atoms with Gasteiger partial charge in [0.05, 0.1) is 58.2 Å². The Morgan fingerprint density at radius 3 is 1.78 bits per heavy atom. The Kier molecular flexibility index (Phi) is 5.78. The molecule has 8 rings (SSSR count). The first-order valence-corrected chi connectivity index (χ1v) is 14.6. The zero-order valence-electron chi connectivity index (χ0n) is 24.3. The van der Waals surface area contributed by atoms with Crippen LogP contribution in [-0.4, -0.2) is 9.13 Å². The molecular formula is C40H23N5. The molecule has 0 fully saturated rings. The summed E-state index contributed by atoms with van der Waals surface area (Å²) in [6.07, 6.45) is 0. The van der Waals surface area contributed by atoms with Gasteiger partial charge in [-0.05, 0) is 83.4 Å². The van der Waals surface area contributed by atoms with E-state index < -0.39 is 0 Å². The van der Waals surface area contributed by atoms with Gasteiger partial charge in [0, 0.05) is 16.3 Å². The summed E-state index contributed by atoms with van der Waals surface area (Å²) in [5.74, 6) is 0. The summed E-state index contributed by atoms with van der Waals surface area (Å²) in [4.78, 5) is 7.42. The standard InChI is InChI=1S/C40H23N5/c1-25-35(44-36-13-6-4-11-31(36)33-22-28(42-2)15-18-38(33)44)20-17-30(27-10-8-9-26(21-27)24-41)40(25)45-37-14-7-5-12-32(37)34-23-29(43-3)16-19-39(34)45/h4-23H,1H3. The summed E-state index contributed by atoms with van der Waals surface area (Å²) in [5.41, 5.74) is 11.0. The van der Waals surface area contributed by atoms with E-state index in [9.17, 15) is 5.26 Å². The number of nitriles is 1. The predicted molar refractivity (Wildman–Crippen MR) is 183 cm³/mol. The summed E-state index contributed by atoms with van der Waals surface area (Å²) in [6, 6.07) is 42.8. The largest absolute Gasteiger partial charge is 0.309 e. The van der Waals surface area contributed by atoms with Crippen LogP contribution in [0.1, 0.15) is 11.1 Å². The molecule has 0 radical (unpaired) electrons. The maximum Gasteiger partial charge on any atom is 0.188 e. The van der Waals surface area contributed by atoms with Gasteiger partial charge in [0.15, 0.2) is 11.4 Å². The maximum atomic E-state index is 9.76. The first kappa shape index (κ1) is 26.1. The molecule has 5 heteroatoms. The number of para-hydroxylation sites is 2. The minimum atomic E-state index is 0.599. The van der Waals surface area contributed by atoms with Gasteiger partial charge in [-0.25, -0.2) is 9.69 Å². The molecule has 2 heterocycles. The average molecular weight is 574 g/mol. The van der Waals surface area contributed by atoms with Gasteiger partial charge >= 0.3 is 0 Å². The van der Waals surface area contributed by atoms with Crippen molar-refractivity contribution < 1.29 is 0 Å². The van der Waals surface area contributed by atoms with Crippen LogP contribution in [0, 0.1) is 31.4 Å². The molecule has 45 heavy (non-hydrogen) atoms. The number of aromatic nitrogens is 2. The molecule has 8 aromatic rings. The van der Waals surface area contributed by atoms with Crippen LogP contribution in [0.25, 0.3) is 75.8 Å². The molecule has 0 N–H and O–H groups in total. The fourth-order valence-electron chi connectivity index (χ4n) is 6.77. The lowest BCUT2D eigenvalue weighted by Gasteiger charge is -2.21. The number of fused-ring (bicyclic) bond motifs is 6. The Bertz CT molecular complexity index is 2650. The second-order valence-corrected chi connectivity index (χ2v) is 11.1. The number of nitrogens with zero attached hydrogens (tertiary/aromatic N) is 5. The Hall–Kier alpha value is -6.61. The summed E-state index contributed by atoms with van der Waals surface area (Å²) in [7, 11) is 0. The highest BCUT2D eigenvalue weighted by molar-refractivity contribution is 6.12. The number of hydrogen-bond donors (Lipinski definition) is 0. The highest BCUT2D eigenvalue weighted by atomic mass is 15.0. The molecule has 0 aliphatic heterocycles. The zero-order chi connectivity index (χ0) is 30.7. The van der Waals surface area contributed by atoms with Gasteiger partial charge in [0.1, 0.15) is 0 Å². The lowest BCUT2D eigenvalue weighted by molar-refractivity contribution is 1.10. The van der Waals surface area contributed by atoms with Crippen molar-refractivity contribution in [2.75, 3.05) is 0 Å². The molecule has 0 spiro atoms. The van der Waals surface area contributed by atoms with Gasteiger partial charge < -0.3 is 9.13 Å². The first-order chi connectivity index (χ1) is 22.1. The first-order valence-electron chi connectivity index (χ1n) is 14.6. The van der Waals surface area contributed by atoms with Crippen LogP contribution in [0.5, 0.6) is 0 Å². The van der Waals surface area contributed by atoms with Crippen molar-refractivity contribution in [3.8, 4) is 28.6 Å². The minimum Gasteiger partial charge on any atom is -0.309 e. The van der Waals surface area contributed by atoms with E-state index in [2.05, 4.69) is 74.3 Å². The van der Waals surface area contributed by atoms with Gasteiger partial charge in [-0.3, -0.25) is 0 Å². The number of benzene rings is 6. The van der Waals surface area contributed by atoms with Gasteiger partial charge in [0.2, 0.25) is 0 Å². The molecular weight excluding hydrogens is 550 g/mol. The zero-order valence-corrected chi connectivity index (χ0v) is 24.3. The van der Waals surface area contributed by atoms with E-state index in [-0.39, 0.29) is 0 Å². The highest BCUT2D eigenvalue weighted by Gasteiger charge is 2.22. The van der Waals surface area contributed by atoms with Crippen molar-refractivity contribution in [1.82, 2.24) is 9.13 Å². The molecule has 0 saturated heterocycles. The molecule has 0 aliphatic rings. The third kappa shape index (κ3) is 3.84. The van der Waals surface area contributed by atoms with Crippen molar-refractivity contribution in [3.05, 3.63) is 155 Å². The molecule has 0 unspecified atom stereocenters. The van der Waals surface area contributed by atoms with Crippen LogP contribution < -0.4 is 0 Å². The molecule has 208 valence electrons. The Labute approximate surface area is 259 Å². The normalized spacial score (nSPS) is 11.2. The van der Waals surface area contributed by atoms with E-state index in [0.29, 0.717) is 16.9 Å². The summed E-state index contributed by atoms with van der Waals surface area (Å²) < 4.78 is 4.59. The lowest BCUT2D eigenvalue weighted by atomic mass is 9.97. The number of hydrogen-bond acceptors (Lipinski definition) is 1. The predicted octanol–water partition coefficient (Wildman–Crippen LogP) is 10.8. The Balaban J connectivity index is 1.54. The van der Waals surface area contributed by atoms with Gasteiger partial charge in [0.25, 0.3) is 0 Å². The van der Waals surface area contributed by atoms with Gasteiger partial charge in [-0.2, -0.15) is 5.26 Å². The lowest BCUT2D eigenvalue weighted by Crippen LogP contribution is -2.05. The van der Waals surface area contributed by atoms with Crippen molar-refractivity contribution in [2.45, 2.75) is 6.92 Å². The molecule has 0 atom stereocenters. The molecule has 0 amide bonds. The topological polar surface area (TPSA) is 42.4 Å². The van der Waals surface area contributed by atoms with Crippen molar-refractivity contribution in [1.29, 1.82) is 5.26 Å². The molecule has 0 aliphatic carbocycles. The smallest absolute Gasteiger partial charge is 0.188 e. The maximum absolute atomic E-state index is 9.76. The van der Waals surface area contributed by atoms with Crippen molar-refractivity contribution in [2.24, 2.45) is 0 Å². The monoisotopic (exact) mass is 573 g/mol. The molecule has 0 bridgehead atoms. The van der Waals surface area contributed by atoms with Crippen molar-refractivity contribution >= 4 is 55.0 Å². The van der Waals surface area contributed by atoms with Crippen molar-refractivity contribution in [3.63, 3.8) is 0 Å². The van der Waals surface area contributed by atoms with E-state index in [1.807, 2.05) is 78.9 Å². The van der Waals surface area contributed by atoms with E-state index in [0.717, 1.165) is 71.7 Å². The van der Waals surface area contributed by atoms with Crippen LogP contribution >= 0.6 is 0 Å². The fraction of sp³-hybridized carbons (Fsp3) is 0.0250. The minimum absolute atomic E-state index is 0.599. The quantitative estimate of drug-likeness (QED) is 0.194. The van der Waals surface area contributed by atoms with Crippen LogP contribution in [0.3, 0.4) is 0 Å². The summed E-state index contributed by atoms with van der Waals surface area (Å²) in [5, 5.41) is 14.0. The van der Waals surface area contributed by atoms with Crippen LogP contribution in [0.15, 0.2) is 121 Å². The van der Waals surface area contributed by atoms with E-state index in [1.165, 1.54) is 0 Å². The van der Waals surface area contributed by atoms with Crippen LogP contribution in [0.4, 0.5) is 11.4 Å². The summed E-state index contributed by atoms with van der Waals surface area (Å²) in [6.45, 7) is 17.4. The van der Waals surface area contributed by atoms with Gasteiger partial charge in [-0.15, -0.1) is 0 Å². The summed E-state index contributed by atoms with van der Waals surface area (Å²) >= 11 is 0. The average Bonchev–Trinajstić information content (AvgIpc) is 3.60. The third-order valence-electron chi connectivity index (χ3n) is 8.74. The molecule has 6 aromatic carbocycles. The molecule has 5 nitrogen and oxygen atoms in total. The Morgan fingerprint density at radius 1 is 0.578 bits per heavy atom. The van der Waals surface area contributed by atoms with E-state index in [4.69, 9.17) is 13.1 Å². The van der Waals surface area contributed by atoms with Crippen LogP contribution in [0.2, 0.25) is 0 Å². The SMILES string of the molecule is [C-]#[N+]c1ccc2c(c1)c1ccccc1n2-c1ccc(-c2cccc(C#N)c2)c(-n2c3ccccc3c3cc([N+]#[C-])ccc32)c1C. The third-order valence-corrected chi connectivity index (χ3v) is 8.74. The van der Waals surface area contributed by atoms with Crippen LogP contribution in [-0.2, 0) is 0 Å². The second-order valence-electron chi connectivity index (χ2n) is 11.1. The number of rotatable bonds is 3. The molecule has 0 saturated carbocycles. The second kappa shape index (κ2) is 9.99. The highest BCUT2D eigenvalue weighted by Crippen LogP contribution is 2.42. The fourth-order valence-corrected chi connectivity index (χ4v) is 6.77. The van der Waals surface area contributed by atoms with E-state index >= 15 is 0 Å². The van der Waals surface area contributed by atoms with E-state index in [1.54, 1.807) is 0 Å². The molecule has 2 aromatic heterocycles. The Morgan fingerprint density at radius 2 is 1.16 bits per heavy atom. The van der Waals surface area contributed by atoms with Gasteiger partial charge in [-0.1, -0.05) is 66.7 Å².